The Morgan fingerprint density at radius 1 is 0.680 bits per heavy atom. The second-order valence-corrected chi connectivity index (χ2v) is 7.50. The van der Waals surface area contributed by atoms with Crippen LogP contribution in [0, 0.1) is 0 Å². The SMILES string of the molecule is NCCSC1(c2ccccc2)c2ccccc2C=Cc2ccccc21. The monoisotopic (exact) mass is 343 g/mol. The van der Waals surface area contributed by atoms with E-state index in [1.807, 2.05) is 11.8 Å². The van der Waals surface area contributed by atoms with Gasteiger partial charge in [-0.25, -0.2) is 0 Å². The normalized spacial score (nSPS) is 14.4. The minimum Gasteiger partial charge on any atom is -0.330 e. The molecule has 0 spiro atoms. The molecule has 0 heterocycles. The fourth-order valence-corrected chi connectivity index (χ4v) is 5.09. The fraction of sp³-hybridized carbons (Fsp3) is 0.130. The van der Waals surface area contributed by atoms with Crippen molar-refractivity contribution in [3.05, 3.63) is 107 Å². The van der Waals surface area contributed by atoms with Crippen LogP contribution < -0.4 is 5.73 Å². The number of nitrogens with two attached hydrogens (primary N) is 1. The van der Waals surface area contributed by atoms with Crippen LogP contribution in [0.15, 0.2) is 78.9 Å². The molecule has 0 aromatic heterocycles. The highest BCUT2D eigenvalue weighted by atomic mass is 32.2. The third-order valence-corrected chi connectivity index (χ3v) is 6.29. The van der Waals surface area contributed by atoms with Crippen molar-refractivity contribution in [2.45, 2.75) is 4.75 Å². The van der Waals surface area contributed by atoms with Gasteiger partial charge in [0.15, 0.2) is 0 Å². The Morgan fingerprint density at radius 2 is 1.20 bits per heavy atom. The summed E-state index contributed by atoms with van der Waals surface area (Å²) < 4.78 is -0.253. The standard InChI is InChI=1S/C23H21NS/c24-16-17-25-23(20-10-2-1-3-11-20)21-12-6-4-8-18(21)14-15-19-9-5-7-13-22(19)23/h1-15H,16-17,24H2. The molecular weight excluding hydrogens is 322 g/mol. The van der Waals surface area contributed by atoms with E-state index in [4.69, 9.17) is 5.73 Å². The van der Waals surface area contributed by atoms with Gasteiger partial charge in [-0.15, -0.1) is 11.8 Å². The maximum absolute atomic E-state index is 5.93. The van der Waals surface area contributed by atoms with E-state index in [0.29, 0.717) is 6.54 Å². The number of hydrogen-bond donors (Lipinski definition) is 1. The number of rotatable bonds is 4. The highest BCUT2D eigenvalue weighted by Crippen LogP contribution is 2.52. The molecule has 0 unspecified atom stereocenters. The van der Waals surface area contributed by atoms with Gasteiger partial charge in [0.25, 0.3) is 0 Å². The lowest BCUT2D eigenvalue weighted by Gasteiger charge is -2.36. The maximum Gasteiger partial charge on any atom is 0.0918 e. The Hall–Kier alpha value is -2.29. The van der Waals surface area contributed by atoms with Gasteiger partial charge in [-0.2, -0.15) is 0 Å². The third-order valence-electron chi connectivity index (χ3n) is 4.74. The molecule has 25 heavy (non-hydrogen) atoms. The summed E-state index contributed by atoms with van der Waals surface area (Å²) in [5.74, 6) is 0.900. The summed E-state index contributed by atoms with van der Waals surface area (Å²) in [7, 11) is 0. The first-order valence-electron chi connectivity index (χ1n) is 8.63. The van der Waals surface area contributed by atoms with Gasteiger partial charge in [0, 0.05) is 12.3 Å². The number of hydrogen-bond acceptors (Lipinski definition) is 2. The molecule has 0 saturated carbocycles. The molecule has 0 atom stereocenters. The summed E-state index contributed by atoms with van der Waals surface area (Å²) in [5, 5.41) is 0. The Labute approximate surface area is 153 Å². The van der Waals surface area contributed by atoms with Gasteiger partial charge in [-0.1, -0.05) is 91.0 Å². The van der Waals surface area contributed by atoms with Crippen LogP contribution in [0.1, 0.15) is 27.8 Å². The molecule has 1 nitrogen and oxygen atoms in total. The second-order valence-electron chi connectivity index (χ2n) is 6.19. The predicted molar refractivity (Wildman–Crippen MR) is 110 cm³/mol. The van der Waals surface area contributed by atoms with Gasteiger partial charge in [0.05, 0.1) is 4.75 Å². The molecule has 2 heteroatoms. The smallest absolute Gasteiger partial charge is 0.0918 e. The molecule has 0 bridgehead atoms. The van der Waals surface area contributed by atoms with Gasteiger partial charge in [-0.05, 0) is 27.8 Å². The first kappa shape index (κ1) is 16.2. The van der Waals surface area contributed by atoms with E-state index in [9.17, 15) is 0 Å². The highest BCUT2D eigenvalue weighted by Gasteiger charge is 2.40. The summed E-state index contributed by atoms with van der Waals surface area (Å²) in [6.07, 6.45) is 4.48. The Kier molecular flexibility index (Phi) is 4.48. The summed E-state index contributed by atoms with van der Waals surface area (Å²) in [4.78, 5) is 0. The van der Waals surface area contributed by atoms with Crippen molar-refractivity contribution in [3.63, 3.8) is 0 Å². The molecule has 0 aliphatic heterocycles. The van der Waals surface area contributed by atoms with E-state index in [1.54, 1.807) is 0 Å². The molecule has 0 amide bonds. The van der Waals surface area contributed by atoms with Gasteiger partial charge < -0.3 is 5.73 Å². The average Bonchev–Trinajstić information content (AvgIpc) is 2.83. The predicted octanol–water partition coefficient (Wildman–Crippen LogP) is 5.15. The lowest BCUT2D eigenvalue weighted by atomic mass is 9.81. The van der Waals surface area contributed by atoms with Gasteiger partial charge in [0.2, 0.25) is 0 Å². The van der Waals surface area contributed by atoms with Crippen LogP contribution in [0.25, 0.3) is 12.2 Å². The molecule has 0 saturated heterocycles. The van der Waals surface area contributed by atoms with Crippen LogP contribution in [0.4, 0.5) is 0 Å². The van der Waals surface area contributed by atoms with E-state index < -0.39 is 0 Å². The zero-order valence-electron chi connectivity index (χ0n) is 14.1. The summed E-state index contributed by atoms with van der Waals surface area (Å²) in [5.41, 5.74) is 12.4. The molecule has 2 N–H and O–H groups in total. The van der Waals surface area contributed by atoms with Gasteiger partial charge in [0.1, 0.15) is 0 Å². The zero-order chi connectivity index (χ0) is 17.1. The molecule has 0 radical (unpaired) electrons. The minimum atomic E-state index is -0.253. The van der Waals surface area contributed by atoms with Crippen molar-refractivity contribution in [1.82, 2.24) is 0 Å². The maximum atomic E-state index is 5.93. The average molecular weight is 343 g/mol. The zero-order valence-corrected chi connectivity index (χ0v) is 14.9. The van der Waals surface area contributed by atoms with Crippen molar-refractivity contribution in [1.29, 1.82) is 0 Å². The Morgan fingerprint density at radius 3 is 1.76 bits per heavy atom. The lowest BCUT2D eigenvalue weighted by Crippen LogP contribution is -2.28. The third kappa shape index (κ3) is 2.72. The van der Waals surface area contributed by atoms with Crippen molar-refractivity contribution in [3.8, 4) is 0 Å². The number of benzene rings is 3. The molecule has 124 valence electrons. The molecule has 1 aliphatic carbocycles. The Balaban J connectivity index is 2.09. The molecular formula is C23H21NS. The molecule has 4 rings (SSSR count). The summed E-state index contributed by atoms with van der Waals surface area (Å²) in [6.45, 7) is 0.664. The Bertz CT molecular complexity index is 849. The van der Waals surface area contributed by atoms with Crippen molar-refractivity contribution in [2.24, 2.45) is 5.73 Å². The second kappa shape index (κ2) is 6.91. The van der Waals surface area contributed by atoms with Crippen LogP contribution in [0.2, 0.25) is 0 Å². The first-order valence-corrected chi connectivity index (χ1v) is 9.61. The number of fused-ring (bicyclic) bond motifs is 2. The topological polar surface area (TPSA) is 26.0 Å². The van der Waals surface area contributed by atoms with Gasteiger partial charge >= 0.3 is 0 Å². The van der Waals surface area contributed by atoms with E-state index in [-0.39, 0.29) is 4.75 Å². The number of thioether (sulfide) groups is 1. The molecule has 3 aromatic carbocycles. The fourth-order valence-electron chi connectivity index (χ4n) is 3.69. The summed E-state index contributed by atoms with van der Waals surface area (Å²) in [6, 6.07) is 28.3. The van der Waals surface area contributed by atoms with Crippen molar-refractivity contribution >= 4 is 23.9 Å². The van der Waals surface area contributed by atoms with E-state index >= 15 is 0 Å². The lowest BCUT2D eigenvalue weighted by molar-refractivity contribution is 0.889. The van der Waals surface area contributed by atoms with Crippen LogP contribution >= 0.6 is 11.8 Å². The van der Waals surface area contributed by atoms with E-state index in [0.717, 1.165) is 5.75 Å². The van der Waals surface area contributed by atoms with E-state index in [2.05, 4.69) is 91.0 Å². The van der Waals surface area contributed by atoms with Crippen LogP contribution in [0.5, 0.6) is 0 Å². The molecule has 3 aromatic rings. The van der Waals surface area contributed by atoms with Crippen molar-refractivity contribution < 1.29 is 0 Å². The van der Waals surface area contributed by atoms with Crippen LogP contribution in [0.3, 0.4) is 0 Å². The quantitative estimate of drug-likeness (QED) is 0.708. The van der Waals surface area contributed by atoms with Crippen molar-refractivity contribution in [2.75, 3.05) is 12.3 Å². The van der Waals surface area contributed by atoms with E-state index in [1.165, 1.54) is 27.8 Å². The molecule has 1 aliphatic rings. The largest absolute Gasteiger partial charge is 0.330 e. The summed E-state index contributed by atoms with van der Waals surface area (Å²) >= 11 is 1.93. The first-order chi connectivity index (χ1) is 12.4. The highest BCUT2D eigenvalue weighted by molar-refractivity contribution is 8.00. The molecule has 0 fully saturated rings. The van der Waals surface area contributed by atoms with Crippen LogP contribution in [-0.4, -0.2) is 12.3 Å². The van der Waals surface area contributed by atoms with Crippen LogP contribution in [-0.2, 0) is 4.75 Å². The van der Waals surface area contributed by atoms with Gasteiger partial charge in [-0.3, -0.25) is 0 Å². The minimum absolute atomic E-state index is 0.253.